The lowest BCUT2D eigenvalue weighted by molar-refractivity contribution is 0.0292. The largest absolute Gasteiger partial charge is 0.467 e. The number of carbonyl (C=O) groups excluding carboxylic acids is 1. The first-order chi connectivity index (χ1) is 22.4. The molecular weight excluding hydrogens is 626 g/mol. The number of hydrogen-bond donors (Lipinski definition) is 0. The van der Waals surface area contributed by atoms with Crippen LogP contribution in [0.3, 0.4) is 0 Å². The number of alkyl halides is 1. The SMILES string of the molecule is COc1nc(N(C)C2CCN(C(=O)OC(C)(C)C)C2)c2cnc(-c3cccc4cccc(Cl)c34)c(F)c2n1.FC1CC2CCCN2C1. The molecule has 3 fully saturated rings. The Morgan fingerprint density at radius 3 is 2.57 bits per heavy atom. The molecule has 47 heavy (non-hydrogen) atoms. The first-order valence-electron chi connectivity index (χ1n) is 16.1. The van der Waals surface area contributed by atoms with Crippen LogP contribution < -0.4 is 9.64 Å². The third-order valence-electron chi connectivity index (χ3n) is 9.09. The van der Waals surface area contributed by atoms with Gasteiger partial charge in [0, 0.05) is 60.9 Å². The van der Waals surface area contributed by atoms with Crippen LogP contribution in [-0.2, 0) is 4.74 Å². The first kappa shape index (κ1) is 33.1. The predicted octanol–water partition coefficient (Wildman–Crippen LogP) is 7.28. The van der Waals surface area contributed by atoms with Gasteiger partial charge in [0.15, 0.2) is 5.82 Å². The Bertz CT molecular complexity index is 1770. The maximum absolute atomic E-state index is 16.1. The van der Waals surface area contributed by atoms with E-state index in [4.69, 9.17) is 21.1 Å². The minimum atomic E-state index is -0.591. The Labute approximate surface area is 278 Å². The number of rotatable bonds is 4. The van der Waals surface area contributed by atoms with E-state index in [9.17, 15) is 9.18 Å². The van der Waals surface area contributed by atoms with Crippen molar-refractivity contribution in [3.8, 4) is 17.3 Å². The van der Waals surface area contributed by atoms with Gasteiger partial charge >= 0.3 is 12.1 Å². The molecule has 7 rings (SSSR count). The van der Waals surface area contributed by atoms with Crippen LogP contribution >= 0.6 is 11.6 Å². The Hall–Kier alpha value is -3.83. The molecule has 4 aromatic rings. The highest BCUT2D eigenvalue weighted by molar-refractivity contribution is 6.36. The van der Waals surface area contributed by atoms with Gasteiger partial charge in [0.25, 0.3) is 0 Å². The third-order valence-corrected chi connectivity index (χ3v) is 9.41. The van der Waals surface area contributed by atoms with Gasteiger partial charge < -0.3 is 19.3 Å². The Morgan fingerprint density at radius 1 is 1.09 bits per heavy atom. The topological polar surface area (TPSA) is 83.9 Å². The normalized spacial score (nSPS) is 21.1. The standard InChI is InChI=1S/C28H29ClFN5O3.C7H12FN/c1-28(2,3)38-27(36)35-13-12-17(15-35)34(4)25-19-14-31-23(22(30)24(19)32-26(33-25)37-5)18-10-6-8-16-9-7-11-20(29)21(16)18;8-6-4-7-2-1-3-9(7)5-6/h6-11,14,17H,12-13,15H2,1-5H3;6-7H,1-5H2. The zero-order valence-electron chi connectivity index (χ0n) is 27.5. The number of benzene rings is 2. The lowest BCUT2D eigenvalue weighted by Gasteiger charge is -2.28. The van der Waals surface area contributed by atoms with Crippen molar-refractivity contribution in [3.63, 3.8) is 0 Å². The molecule has 250 valence electrons. The van der Waals surface area contributed by atoms with Gasteiger partial charge in [0.1, 0.15) is 28.8 Å². The maximum atomic E-state index is 16.1. The Morgan fingerprint density at radius 2 is 1.85 bits per heavy atom. The van der Waals surface area contributed by atoms with Crippen LogP contribution in [0.25, 0.3) is 32.9 Å². The molecule has 12 heteroatoms. The molecule has 5 heterocycles. The number of anilines is 1. The number of aromatic nitrogens is 3. The average Bonchev–Trinajstić information content (AvgIpc) is 3.77. The van der Waals surface area contributed by atoms with E-state index in [0.29, 0.717) is 59.3 Å². The van der Waals surface area contributed by atoms with Gasteiger partial charge in [-0.2, -0.15) is 9.97 Å². The fourth-order valence-electron chi connectivity index (χ4n) is 6.81. The molecule has 0 bridgehead atoms. The second-order valence-corrected chi connectivity index (χ2v) is 13.9. The molecule has 0 spiro atoms. The maximum Gasteiger partial charge on any atom is 0.410 e. The molecule has 3 atom stereocenters. The second-order valence-electron chi connectivity index (χ2n) is 13.5. The minimum absolute atomic E-state index is 0.0355. The average molecular weight is 667 g/mol. The van der Waals surface area contributed by atoms with E-state index < -0.39 is 17.6 Å². The number of fused-ring (bicyclic) bond motifs is 3. The van der Waals surface area contributed by atoms with Gasteiger partial charge in [-0.05, 0) is 64.5 Å². The zero-order chi connectivity index (χ0) is 33.5. The van der Waals surface area contributed by atoms with Crippen LogP contribution in [0.1, 0.15) is 46.5 Å². The summed E-state index contributed by atoms with van der Waals surface area (Å²) in [5.74, 6) is -0.121. The van der Waals surface area contributed by atoms with Crippen LogP contribution in [0, 0.1) is 5.82 Å². The summed E-state index contributed by atoms with van der Waals surface area (Å²) in [6.45, 7) is 8.36. The van der Waals surface area contributed by atoms with Crippen molar-refractivity contribution >= 4 is 45.2 Å². The van der Waals surface area contributed by atoms with Crippen molar-refractivity contribution in [1.82, 2.24) is 24.8 Å². The van der Waals surface area contributed by atoms with Crippen LogP contribution in [0.2, 0.25) is 5.02 Å². The van der Waals surface area contributed by atoms with E-state index in [-0.39, 0.29) is 29.4 Å². The molecule has 0 aliphatic carbocycles. The molecule has 9 nitrogen and oxygen atoms in total. The number of likely N-dealkylation sites (N-methyl/N-ethyl adjacent to an activating group) is 1. The molecule has 2 aromatic heterocycles. The molecule has 2 aromatic carbocycles. The van der Waals surface area contributed by atoms with Crippen LogP contribution in [0.5, 0.6) is 6.01 Å². The molecule has 3 aliphatic heterocycles. The van der Waals surface area contributed by atoms with E-state index >= 15 is 4.39 Å². The van der Waals surface area contributed by atoms with Gasteiger partial charge in [-0.15, -0.1) is 0 Å². The highest BCUT2D eigenvalue weighted by Crippen LogP contribution is 2.38. The van der Waals surface area contributed by atoms with Crippen molar-refractivity contribution in [2.24, 2.45) is 0 Å². The molecule has 0 radical (unpaired) electrons. The highest BCUT2D eigenvalue weighted by atomic mass is 35.5. The predicted molar refractivity (Wildman–Crippen MR) is 181 cm³/mol. The van der Waals surface area contributed by atoms with Crippen LogP contribution in [-0.4, -0.2) is 95.0 Å². The first-order valence-corrected chi connectivity index (χ1v) is 16.5. The quantitative estimate of drug-likeness (QED) is 0.225. The van der Waals surface area contributed by atoms with Crippen molar-refractivity contribution in [2.75, 3.05) is 45.2 Å². The van der Waals surface area contributed by atoms with Crippen molar-refractivity contribution < 1.29 is 23.0 Å². The molecule has 1 amide bonds. The van der Waals surface area contributed by atoms with Crippen LogP contribution in [0.4, 0.5) is 19.4 Å². The fraction of sp³-hybridized carbons (Fsp3) is 0.486. The number of pyridine rings is 1. The van der Waals surface area contributed by atoms with Crippen molar-refractivity contribution in [3.05, 3.63) is 53.4 Å². The zero-order valence-corrected chi connectivity index (χ0v) is 28.2. The van der Waals surface area contributed by atoms with E-state index in [1.165, 1.54) is 20.0 Å². The molecule has 3 saturated heterocycles. The second kappa shape index (κ2) is 13.4. The number of halogens is 3. The lowest BCUT2D eigenvalue weighted by Crippen LogP contribution is -2.39. The summed E-state index contributed by atoms with van der Waals surface area (Å²) in [5.41, 5.74) is 0.230. The number of ether oxygens (including phenoxy) is 2. The summed E-state index contributed by atoms with van der Waals surface area (Å²) in [7, 11) is 3.30. The lowest BCUT2D eigenvalue weighted by atomic mass is 10.0. The summed E-state index contributed by atoms with van der Waals surface area (Å²) in [6.07, 6.45) is 4.74. The van der Waals surface area contributed by atoms with Gasteiger partial charge in [0.2, 0.25) is 0 Å². The summed E-state index contributed by atoms with van der Waals surface area (Å²) < 4.78 is 39.6. The number of nitrogens with zero attached hydrogens (tertiary/aromatic N) is 6. The van der Waals surface area contributed by atoms with Gasteiger partial charge in [-0.3, -0.25) is 9.88 Å². The Kier molecular flexibility index (Phi) is 9.40. The Balaban J connectivity index is 0.000000366. The fourth-order valence-corrected chi connectivity index (χ4v) is 7.10. The molecular formula is C35H41ClF2N6O3. The van der Waals surface area contributed by atoms with E-state index in [1.807, 2.05) is 57.0 Å². The number of carbonyl (C=O) groups is 1. The van der Waals surface area contributed by atoms with Gasteiger partial charge in [-0.1, -0.05) is 41.9 Å². The summed E-state index contributed by atoms with van der Waals surface area (Å²) in [6, 6.07) is 11.7. The third kappa shape index (κ3) is 6.92. The molecule has 3 unspecified atom stereocenters. The number of likely N-dealkylation sites (tertiary alicyclic amines) is 1. The highest BCUT2D eigenvalue weighted by Gasteiger charge is 2.35. The monoisotopic (exact) mass is 666 g/mol. The van der Waals surface area contributed by atoms with E-state index in [0.717, 1.165) is 18.4 Å². The van der Waals surface area contributed by atoms with Crippen molar-refractivity contribution in [2.45, 2.75) is 70.3 Å². The van der Waals surface area contributed by atoms with E-state index in [2.05, 4.69) is 19.9 Å². The summed E-state index contributed by atoms with van der Waals surface area (Å²) >= 11 is 6.50. The number of amides is 1. The van der Waals surface area contributed by atoms with E-state index in [1.54, 1.807) is 23.2 Å². The van der Waals surface area contributed by atoms with Gasteiger partial charge in [-0.25, -0.2) is 13.6 Å². The summed E-state index contributed by atoms with van der Waals surface area (Å²) in [4.78, 5) is 31.8. The van der Waals surface area contributed by atoms with Gasteiger partial charge in [0.05, 0.1) is 12.5 Å². The minimum Gasteiger partial charge on any atom is -0.467 e. The smallest absolute Gasteiger partial charge is 0.410 e. The number of methoxy groups -OCH3 is 1. The molecule has 0 N–H and O–H groups in total. The summed E-state index contributed by atoms with van der Waals surface area (Å²) in [5, 5.41) is 2.55. The van der Waals surface area contributed by atoms with Crippen LogP contribution in [0.15, 0.2) is 42.6 Å². The van der Waals surface area contributed by atoms with Crippen molar-refractivity contribution in [1.29, 1.82) is 0 Å². The number of hydrogen-bond acceptors (Lipinski definition) is 8. The molecule has 3 aliphatic rings. The molecule has 0 saturated carbocycles.